The van der Waals surface area contributed by atoms with Crippen molar-refractivity contribution in [2.75, 3.05) is 13.1 Å². The van der Waals surface area contributed by atoms with Crippen LogP contribution < -0.4 is 10.6 Å². The average molecular weight is 212 g/mol. The van der Waals surface area contributed by atoms with Crippen LogP contribution in [0, 0.1) is 0 Å². The minimum Gasteiger partial charge on any atom is -0.356 e. The first-order valence-electron chi connectivity index (χ1n) is 5.81. The number of rotatable bonds is 9. The van der Waals surface area contributed by atoms with Crippen molar-refractivity contribution < 1.29 is 4.79 Å². The summed E-state index contributed by atoms with van der Waals surface area (Å²) in [4.78, 5) is 11.2. The number of allylic oxidation sites excluding steroid dienone is 1. The van der Waals surface area contributed by atoms with Gasteiger partial charge in [-0.3, -0.25) is 4.79 Å². The van der Waals surface area contributed by atoms with Crippen LogP contribution in [-0.2, 0) is 4.79 Å². The van der Waals surface area contributed by atoms with E-state index in [2.05, 4.69) is 31.1 Å². The molecular formula is C12H24N2O. The Morgan fingerprint density at radius 2 is 2.20 bits per heavy atom. The third-order valence-electron chi connectivity index (χ3n) is 2.22. The van der Waals surface area contributed by atoms with Crippen LogP contribution in [0.4, 0.5) is 0 Å². The van der Waals surface area contributed by atoms with Gasteiger partial charge >= 0.3 is 0 Å². The second kappa shape index (κ2) is 9.71. The SMILES string of the molecule is C=CCCC(C)NCCC(=O)NCCC. The van der Waals surface area contributed by atoms with Gasteiger partial charge in [0.05, 0.1) is 0 Å². The van der Waals surface area contributed by atoms with Gasteiger partial charge in [0.25, 0.3) is 0 Å². The van der Waals surface area contributed by atoms with Crippen LogP contribution in [0.5, 0.6) is 0 Å². The molecule has 0 aliphatic rings. The molecule has 0 saturated carbocycles. The number of carbonyl (C=O) groups excluding carboxylic acids is 1. The van der Waals surface area contributed by atoms with Crippen molar-refractivity contribution in [1.82, 2.24) is 10.6 Å². The number of nitrogens with one attached hydrogen (secondary N) is 2. The molecule has 1 amide bonds. The van der Waals surface area contributed by atoms with Crippen molar-refractivity contribution >= 4 is 5.91 Å². The molecule has 0 aromatic heterocycles. The number of carbonyl (C=O) groups is 1. The van der Waals surface area contributed by atoms with Gasteiger partial charge < -0.3 is 10.6 Å². The smallest absolute Gasteiger partial charge is 0.221 e. The van der Waals surface area contributed by atoms with Crippen LogP contribution in [0.3, 0.4) is 0 Å². The number of hydrogen-bond acceptors (Lipinski definition) is 2. The fourth-order valence-corrected chi connectivity index (χ4v) is 1.25. The molecule has 1 atom stereocenters. The Kier molecular flexibility index (Phi) is 9.18. The lowest BCUT2D eigenvalue weighted by Crippen LogP contribution is -2.32. The van der Waals surface area contributed by atoms with E-state index in [-0.39, 0.29) is 5.91 Å². The largest absolute Gasteiger partial charge is 0.356 e. The van der Waals surface area contributed by atoms with Crippen molar-refractivity contribution in [2.24, 2.45) is 0 Å². The molecule has 0 aromatic carbocycles. The van der Waals surface area contributed by atoms with Crippen LogP contribution in [0.15, 0.2) is 12.7 Å². The van der Waals surface area contributed by atoms with Crippen molar-refractivity contribution in [3.63, 3.8) is 0 Å². The normalized spacial score (nSPS) is 12.1. The molecule has 1 unspecified atom stereocenters. The van der Waals surface area contributed by atoms with E-state index >= 15 is 0 Å². The molecule has 0 rings (SSSR count). The van der Waals surface area contributed by atoms with Crippen molar-refractivity contribution in [1.29, 1.82) is 0 Å². The molecule has 0 bridgehead atoms. The maximum absolute atomic E-state index is 11.2. The van der Waals surface area contributed by atoms with Gasteiger partial charge in [0.2, 0.25) is 5.91 Å². The van der Waals surface area contributed by atoms with Gasteiger partial charge in [-0.05, 0) is 26.2 Å². The Morgan fingerprint density at radius 3 is 2.80 bits per heavy atom. The highest BCUT2D eigenvalue weighted by molar-refractivity contribution is 5.75. The quantitative estimate of drug-likeness (QED) is 0.573. The lowest BCUT2D eigenvalue weighted by molar-refractivity contribution is -0.121. The molecule has 3 nitrogen and oxygen atoms in total. The third-order valence-corrected chi connectivity index (χ3v) is 2.22. The highest BCUT2D eigenvalue weighted by Gasteiger charge is 2.02. The fourth-order valence-electron chi connectivity index (χ4n) is 1.25. The summed E-state index contributed by atoms with van der Waals surface area (Å²) in [6.45, 7) is 9.41. The van der Waals surface area contributed by atoms with Crippen molar-refractivity contribution in [3.8, 4) is 0 Å². The molecule has 0 aliphatic carbocycles. The number of amides is 1. The first-order chi connectivity index (χ1) is 7.20. The minimum absolute atomic E-state index is 0.139. The summed E-state index contributed by atoms with van der Waals surface area (Å²) in [7, 11) is 0. The Labute approximate surface area is 93.3 Å². The maximum Gasteiger partial charge on any atom is 0.221 e. The molecule has 0 heterocycles. The number of hydrogen-bond donors (Lipinski definition) is 2. The highest BCUT2D eigenvalue weighted by Crippen LogP contribution is 1.96. The van der Waals surface area contributed by atoms with E-state index in [1.807, 2.05) is 6.08 Å². The molecule has 2 N–H and O–H groups in total. The summed E-state index contributed by atoms with van der Waals surface area (Å²) in [6.07, 6.45) is 5.59. The molecule has 0 aliphatic heterocycles. The van der Waals surface area contributed by atoms with E-state index in [1.54, 1.807) is 0 Å². The molecule has 0 aromatic rings. The second-order valence-corrected chi connectivity index (χ2v) is 3.82. The maximum atomic E-state index is 11.2. The minimum atomic E-state index is 0.139. The zero-order valence-corrected chi connectivity index (χ0v) is 10.0. The summed E-state index contributed by atoms with van der Waals surface area (Å²) in [5.74, 6) is 0.139. The molecule has 0 fully saturated rings. The standard InChI is InChI=1S/C12H24N2O/c1-4-6-7-11(3)13-10-8-12(15)14-9-5-2/h4,11,13H,1,5-10H2,2-3H3,(H,14,15). The topological polar surface area (TPSA) is 41.1 Å². The van der Waals surface area contributed by atoms with Gasteiger partial charge in [0, 0.05) is 25.6 Å². The lowest BCUT2D eigenvalue weighted by Gasteiger charge is -2.12. The van der Waals surface area contributed by atoms with Gasteiger partial charge in [-0.25, -0.2) is 0 Å². The monoisotopic (exact) mass is 212 g/mol. The van der Waals surface area contributed by atoms with Gasteiger partial charge in [0.1, 0.15) is 0 Å². The third kappa shape index (κ3) is 9.47. The van der Waals surface area contributed by atoms with E-state index < -0.39 is 0 Å². The summed E-state index contributed by atoms with van der Waals surface area (Å²) in [5, 5.41) is 6.17. The van der Waals surface area contributed by atoms with Gasteiger partial charge in [-0.15, -0.1) is 6.58 Å². The fraction of sp³-hybridized carbons (Fsp3) is 0.750. The van der Waals surface area contributed by atoms with Crippen LogP contribution >= 0.6 is 0 Å². The van der Waals surface area contributed by atoms with Crippen LogP contribution in [0.1, 0.15) is 39.5 Å². The molecule has 0 spiro atoms. The lowest BCUT2D eigenvalue weighted by atomic mass is 10.2. The zero-order valence-electron chi connectivity index (χ0n) is 10.0. The second-order valence-electron chi connectivity index (χ2n) is 3.82. The van der Waals surface area contributed by atoms with E-state index in [4.69, 9.17) is 0 Å². The van der Waals surface area contributed by atoms with E-state index in [0.717, 1.165) is 32.4 Å². The first kappa shape index (κ1) is 14.2. The van der Waals surface area contributed by atoms with Crippen molar-refractivity contribution in [2.45, 2.75) is 45.6 Å². The molecule has 15 heavy (non-hydrogen) atoms. The first-order valence-corrected chi connectivity index (χ1v) is 5.81. The van der Waals surface area contributed by atoms with Gasteiger partial charge in [-0.1, -0.05) is 13.0 Å². The summed E-state index contributed by atoms with van der Waals surface area (Å²) < 4.78 is 0. The van der Waals surface area contributed by atoms with Gasteiger partial charge in [-0.2, -0.15) is 0 Å². The Bertz CT molecular complexity index is 180. The average Bonchev–Trinajstić information content (AvgIpc) is 2.23. The molecule has 88 valence electrons. The molecule has 0 saturated heterocycles. The summed E-state index contributed by atoms with van der Waals surface area (Å²) in [6, 6.07) is 0.460. The Hall–Kier alpha value is -0.830. The van der Waals surface area contributed by atoms with Crippen molar-refractivity contribution in [3.05, 3.63) is 12.7 Å². The van der Waals surface area contributed by atoms with Crippen LogP contribution in [-0.4, -0.2) is 25.0 Å². The molecular weight excluding hydrogens is 188 g/mol. The van der Waals surface area contributed by atoms with E-state index in [1.165, 1.54) is 0 Å². The highest BCUT2D eigenvalue weighted by atomic mass is 16.1. The molecule has 3 heteroatoms. The van der Waals surface area contributed by atoms with Gasteiger partial charge in [0.15, 0.2) is 0 Å². The Morgan fingerprint density at radius 1 is 1.47 bits per heavy atom. The summed E-state index contributed by atoms with van der Waals surface area (Å²) >= 11 is 0. The Balaban J connectivity index is 3.35. The summed E-state index contributed by atoms with van der Waals surface area (Å²) in [5.41, 5.74) is 0. The predicted octanol–water partition coefficient (Wildman–Crippen LogP) is 1.85. The zero-order chi connectivity index (χ0) is 11.5. The van der Waals surface area contributed by atoms with E-state index in [0.29, 0.717) is 12.5 Å². The van der Waals surface area contributed by atoms with Crippen LogP contribution in [0.25, 0.3) is 0 Å². The predicted molar refractivity (Wildman–Crippen MR) is 64.8 cm³/mol. The van der Waals surface area contributed by atoms with Crippen LogP contribution in [0.2, 0.25) is 0 Å². The molecule has 0 radical (unpaired) electrons. The van der Waals surface area contributed by atoms with E-state index in [9.17, 15) is 4.79 Å².